The molecule has 5 rings (SSSR count). The van der Waals surface area contributed by atoms with E-state index in [-0.39, 0.29) is 46.1 Å². The SMILES string of the molecule is C=C(Cl)/C(C(=O)N1COc2c(cccc2-c2cc(N3CCOCC3)c(C(=O)O)cc2F)C1)=C(Cl)\C=C\OC1CCN(C)C1. The first-order chi connectivity index (χ1) is 20.6. The van der Waals surface area contributed by atoms with Gasteiger partial charge in [-0.1, -0.05) is 48.0 Å². The second kappa shape index (κ2) is 13.4. The maximum atomic E-state index is 15.4. The number of ether oxygens (including phenoxy) is 3. The number of aromatic carboxylic acids is 1. The summed E-state index contributed by atoms with van der Waals surface area (Å²) in [5, 5.41) is 9.80. The predicted octanol–water partition coefficient (Wildman–Crippen LogP) is 5.19. The molecule has 1 atom stereocenters. The van der Waals surface area contributed by atoms with Gasteiger partial charge in [-0.3, -0.25) is 4.79 Å². The third-order valence-corrected chi connectivity index (χ3v) is 8.13. The maximum Gasteiger partial charge on any atom is 0.337 e. The summed E-state index contributed by atoms with van der Waals surface area (Å²) in [6, 6.07) is 7.78. The molecule has 0 spiro atoms. The Morgan fingerprint density at radius 1 is 1.16 bits per heavy atom. The molecule has 0 radical (unpaired) electrons. The molecule has 0 bridgehead atoms. The number of carbonyl (C=O) groups is 2. The van der Waals surface area contributed by atoms with E-state index in [2.05, 4.69) is 11.5 Å². The van der Waals surface area contributed by atoms with Crippen molar-refractivity contribution >= 4 is 40.8 Å². The molecule has 2 aromatic rings. The van der Waals surface area contributed by atoms with E-state index in [4.69, 9.17) is 37.4 Å². The van der Waals surface area contributed by atoms with E-state index in [0.717, 1.165) is 25.6 Å². The molecule has 3 aliphatic rings. The second-order valence-corrected chi connectivity index (χ2v) is 11.4. The summed E-state index contributed by atoms with van der Waals surface area (Å²) in [5.74, 6) is -2.00. The molecule has 1 N–H and O–H groups in total. The number of morpholine rings is 1. The highest BCUT2D eigenvalue weighted by molar-refractivity contribution is 6.40. The quantitative estimate of drug-likeness (QED) is 0.242. The average Bonchev–Trinajstić information content (AvgIpc) is 3.41. The van der Waals surface area contributed by atoms with Crippen LogP contribution in [0.1, 0.15) is 22.3 Å². The molecule has 3 heterocycles. The van der Waals surface area contributed by atoms with E-state index >= 15 is 4.39 Å². The molecule has 1 amide bonds. The van der Waals surface area contributed by atoms with Gasteiger partial charge in [-0.2, -0.15) is 0 Å². The number of likely N-dealkylation sites (tertiary alicyclic amines) is 1. The van der Waals surface area contributed by atoms with Gasteiger partial charge in [0.05, 0.1) is 47.9 Å². The lowest BCUT2D eigenvalue weighted by Crippen LogP contribution is -2.38. The number of anilines is 1. The lowest BCUT2D eigenvalue weighted by atomic mass is 9.97. The van der Waals surface area contributed by atoms with Crippen LogP contribution in [0.5, 0.6) is 5.75 Å². The zero-order chi connectivity index (χ0) is 30.7. The lowest BCUT2D eigenvalue weighted by Gasteiger charge is -2.32. The third-order valence-electron chi connectivity index (χ3n) is 7.62. The van der Waals surface area contributed by atoms with E-state index in [1.165, 1.54) is 23.3 Å². The highest BCUT2D eigenvalue weighted by Crippen LogP contribution is 2.40. The molecule has 1 unspecified atom stereocenters. The number of allylic oxidation sites excluding steroid dienone is 2. The van der Waals surface area contributed by atoms with Crippen LogP contribution in [0.15, 0.2) is 64.9 Å². The number of carboxylic acids is 1. The van der Waals surface area contributed by atoms with Crippen LogP contribution in [0.2, 0.25) is 0 Å². The highest BCUT2D eigenvalue weighted by atomic mass is 35.5. The number of rotatable bonds is 8. The topological polar surface area (TPSA) is 91.8 Å². The van der Waals surface area contributed by atoms with E-state index in [1.807, 2.05) is 11.9 Å². The Kier molecular flexibility index (Phi) is 9.61. The molecule has 43 heavy (non-hydrogen) atoms. The number of carbonyl (C=O) groups excluding carboxylic acids is 1. The summed E-state index contributed by atoms with van der Waals surface area (Å²) < 4.78 is 32.6. The number of benzene rings is 2. The molecular weight excluding hydrogens is 600 g/mol. The fourth-order valence-electron chi connectivity index (χ4n) is 5.43. The van der Waals surface area contributed by atoms with Gasteiger partial charge in [-0.25, -0.2) is 9.18 Å². The molecule has 228 valence electrons. The molecule has 3 aliphatic heterocycles. The maximum absolute atomic E-state index is 15.4. The van der Waals surface area contributed by atoms with Gasteiger partial charge in [-0.15, -0.1) is 0 Å². The van der Waals surface area contributed by atoms with Gasteiger partial charge in [0.25, 0.3) is 5.91 Å². The molecule has 0 saturated carbocycles. The minimum atomic E-state index is -1.22. The monoisotopic (exact) mass is 631 g/mol. The molecule has 12 heteroatoms. The van der Waals surface area contributed by atoms with E-state index < -0.39 is 17.7 Å². The van der Waals surface area contributed by atoms with Crippen molar-refractivity contribution < 1.29 is 33.3 Å². The molecule has 9 nitrogen and oxygen atoms in total. The summed E-state index contributed by atoms with van der Waals surface area (Å²) in [5.41, 5.74) is 1.56. The number of likely N-dealkylation sites (N-methyl/N-ethyl adjacent to an activating group) is 1. The first-order valence-electron chi connectivity index (χ1n) is 13.8. The number of nitrogens with zero attached hydrogens (tertiary/aromatic N) is 3. The molecule has 2 aromatic carbocycles. The van der Waals surface area contributed by atoms with Crippen LogP contribution in [0.4, 0.5) is 10.1 Å². The van der Waals surface area contributed by atoms with Crippen LogP contribution < -0.4 is 9.64 Å². The zero-order valence-electron chi connectivity index (χ0n) is 23.7. The van der Waals surface area contributed by atoms with Gasteiger partial charge in [0.2, 0.25) is 0 Å². The molecule has 0 aliphatic carbocycles. The number of carboxylic acid groups (broad SMARTS) is 1. The van der Waals surface area contributed by atoms with Crippen molar-refractivity contribution in [1.29, 1.82) is 0 Å². The summed E-state index contributed by atoms with van der Waals surface area (Å²) in [7, 11) is 2.02. The Balaban J connectivity index is 1.40. The predicted molar refractivity (Wildman–Crippen MR) is 162 cm³/mol. The van der Waals surface area contributed by atoms with Gasteiger partial charge in [-0.05, 0) is 31.7 Å². The van der Waals surface area contributed by atoms with Crippen molar-refractivity contribution in [3.05, 3.63) is 81.8 Å². The Morgan fingerprint density at radius 2 is 1.93 bits per heavy atom. The third kappa shape index (κ3) is 6.83. The average molecular weight is 633 g/mol. The van der Waals surface area contributed by atoms with Crippen LogP contribution in [0, 0.1) is 5.82 Å². The van der Waals surface area contributed by atoms with Crippen molar-refractivity contribution in [2.24, 2.45) is 0 Å². The Morgan fingerprint density at radius 3 is 2.60 bits per heavy atom. The van der Waals surface area contributed by atoms with Crippen LogP contribution in [-0.4, -0.2) is 86.1 Å². The summed E-state index contributed by atoms with van der Waals surface area (Å²) in [6.45, 7) is 7.29. The van der Waals surface area contributed by atoms with Crippen molar-refractivity contribution in [1.82, 2.24) is 9.80 Å². The number of halogens is 3. The Bertz CT molecular complexity index is 1490. The summed E-state index contributed by atoms with van der Waals surface area (Å²) in [4.78, 5) is 30.9. The summed E-state index contributed by atoms with van der Waals surface area (Å²) in [6.07, 6.45) is 3.88. The van der Waals surface area contributed by atoms with E-state index in [9.17, 15) is 14.7 Å². The largest absolute Gasteiger partial charge is 0.497 e. The number of hydrogen-bond donors (Lipinski definition) is 1. The Hall–Kier alpha value is -3.57. The standard InChI is InChI=1S/C31H32Cl2FN3O6/c1-19(32)28(25(33)7-11-42-21-6-8-35(2)17-21)30(38)37-16-20-4-3-5-22(29(20)43-18-37)23-15-27(36-9-12-41-13-10-36)24(31(39)40)14-26(23)34/h3-5,7,11,14-15,21H,1,6,8-10,12-13,16-18H2,2H3,(H,39,40)/b11-7+,28-25-. The van der Waals surface area contributed by atoms with Gasteiger partial charge in [0.1, 0.15) is 17.7 Å². The molecule has 2 saturated heterocycles. The second-order valence-electron chi connectivity index (χ2n) is 10.6. The molecule has 2 fully saturated rings. The lowest BCUT2D eigenvalue weighted by molar-refractivity contribution is -0.131. The Labute approximate surface area is 259 Å². The number of fused-ring (bicyclic) bond motifs is 1. The normalized spacial score (nSPS) is 19.6. The van der Waals surface area contributed by atoms with Gasteiger partial charge in [0, 0.05) is 47.9 Å². The van der Waals surface area contributed by atoms with Gasteiger partial charge in [0.15, 0.2) is 6.73 Å². The van der Waals surface area contributed by atoms with Crippen LogP contribution in [0.25, 0.3) is 11.1 Å². The first-order valence-corrected chi connectivity index (χ1v) is 14.6. The van der Waals surface area contributed by atoms with Crippen LogP contribution in [0.3, 0.4) is 0 Å². The fourth-order valence-corrected chi connectivity index (χ4v) is 5.90. The van der Waals surface area contributed by atoms with Crippen molar-refractivity contribution in [3.8, 4) is 16.9 Å². The fraction of sp³-hybridized carbons (Fsp3) is 0.355. The van der Waals surface area contributed by atoms with Crippen LogP contribution in [-0.2, 0) is 20.8 Å². The summed E-state index contributed by atoms with van der Waals surface area (Å²) >= 11 is 12.7. The molecular formula is C31H32Cl2FN3O6. The van der Waals surface area contributed by atoms with Gasteiger partial charge >= 0.3 is 5.97 Å². The smallest absolute Gasteiger partial charge is 0.337 e. The highest BCUT2D eigenvalue weighted by Gasteiger charge is 2.30. The van der Waals surface area contributed by atoms with Gasteiger partial charge < -0.3 is 34.0 Å². The minimum absolute atomic E-state index is 0.0142. The number of para-hydroxylation sites is 1. The van der Waals surface area contributed by atoms with Crippen molar-refractivity contribution in [3.63, 3.8) is 0 Å². The van der Waals surface area contributed by atoms with E-state index in [1.54, 1.807) is 18.2 Å². The first kappa shape index (κ1) is 30.9. The number of amides is 1. The minimum Gasteiger partial charge on any atom is -0.497 e. The number of hydrogen-bond acceptors (Lipinski definition) is 7. The van der Waals surface area contributed by atoms with E-state index in [0.29, 0.717) is 48.9 Å². The van der Waals surface area contributed by atoms with Crippen LogP contribution >= 0.6 is 23.2 Å². The van der Waals surface area contributed by atoms with Crippen molar-refractivity contribution in [2.75, 3.05) is 58.1 Å². The molecule has 0 aromatic heterocycles. The van der Waals surface area contributed by atoms with Crippen molar-refractivity contribution in [2.45, 2.75) is 19.1 Å². The zero-order valence-corrected chi connectivity index (χ0v) is 25.2.